The molecule has 8 nitrogen and oxygen atoms in total. The zero-order chi connectivity index (χ0) is 36.7. The first kappa shape index (κ1) is 30.6. The normalized spacial score (nSPS) is 11.9. The van der Waals surface area contributed by atoms with Gasteiger partial charge in [0.05, 0.1) is 58.0 Å². The van der Waals surface area contributed by atoms with Crippen LogP contribution in [0, 0.1) is 0 Å². The molecule has 0 unspecified atom stereocenters. The monoisotopic (exact) mass is 720 g/mol. The van der Waals surface area contributed by atoms with Crippen LogP contribution in [0.5, 0.6) is 0 Å². The van der Waals surface area contributed by atoms with Crippen LogP contribution in [0.15, 0.2) is 179 Å². The standard InChI is InChI=1S/C48H28N6O2/c1-3-11-29(12-4-1)45-49-25-33(26-50-45)53-39-21-19-31(23-37(39)43-35-15-7-9-17-41(35)55-47(43)53)32-20-22-40-38(24-32)44-36-16-8-10-18-42(36)56-48(44)54(40)34-27-51-46(52-28-34)30-13-5-2-6-14-30/h1-28H. The minimum atomic E-state index is 0.675. The predicted octanol–water partition coefficient (Wildman–Crippen LogP) is 12.0. The van der Waals surface area contributed by atoms with Crippen molar-refractivity contribution in [3.8, 4) is 45.3 Å². The molecule has 0 saturated heterocycles. The number of rotatable bonds is 5. The predicted molar refractivity (Wildman–Crippen MR) is 222 cm³/mol. The van der Waals surface area contributed by atoms with Crippen LogP contribution in [0.1, 0.15) is 0 Å². The van der Waals surface area contributed by atoms with Crippen molar-refractivity contribution < 1.29 is 8.83 Å². The quantitative estimate of drug-likeness (QED) is 0.176. The summed E-state index contributed by atoms with van der Waals surface area (Å²) in [5, 5.41) is 6.40. The van der Waals surface area contributed by atoms with Crippen molar-refractivity contribution in [2.75, 3.05) is 0 Å². The van der Waals surface area contributed by atoms with Gasteiger partial charge in [0.25, 0.3) is 0 Å². The fourth-order valence-corrected chi connectivity index (χ4v) is 8.20. The molecule has 0 aliphatic rings. The van der Waals surface area contributed by atoms with Gasteiger partial charge in [-0.2, -0.15) is 0 Å². The Kier molecular flexibility index (Phi) is 6.47. The molecule has 56 heavy (non-hydrogen) atoms. The van der Waals surface area contributed by atoms with Gasteiger partial charge < -0.3 is 8.83 Å². The lowest BCUT2D eigenvalue weighted by atomic mass is 10.00. The topological polar surface area (TPSA) is 87.7 Å². The van der Waals surface area contributed by atoms with Gasteiger partial charge in [-0.3, -0.25) is 9.13 Å². The van der Waals surface area contributed by atoms with Gasteiger partial charge >= 0.3 is 0 Å². The van der Waals surface area contributed by atoms with E-state index in [2.05, 4.69) is 69.8 Å². The average Bonchev–Trinajstić information content (AvgIpc) is 4.00. The number of furan rings is 2. The average molecular weight is 721 g/mol. The molecule has 6 aromatic heterocycles. The Morgan fingerprint density at radius 2 is 0.750 bits per heavy atom. The molecule has 0 aliphatic heterocycles. The van der Waals surface area contributed by atoms with E-state index >= 15 is 0 Å². The van der Waals surface area contributed by atoms with Gasteiger partial charge in [-0.25, -0.2) is 19.9 Å². The number of hydrogen-bond donors (Lipinski definition) is 0. The second-order valence-electron chi connectivity index (χ2n) is 14.0. The molecule has 0 saturated carbocycles. The van der Waals surface area contributed by atoms with Gasteiger partial charge in [0, 0.05) is 32.7 Å². The zero-order valence-electron chi connectivity index (χ0n) is 29.7. The van der Waals surface area contributed by atoms with E-state index in [1.165, 1.54) is 0 Å². The summed E-state index contributed by atoms with van der Waals surface area (Å²) in [7, 11) is 0. The number of para-hydroxylation sites is 2. The summed E-state index contributed by atoms with van der Waals surface area (Å²) in [5.74, 6) is 1.35. The first-order chi connectivity index (χ1) is 27.8. The van der Waals surface area contributed by atoms with Crippen LogP contribution in [-0.2, 0) is 0 Å². The second kappa shape index (κ2) is 11.8. The van der Waals surface area contributed by atoms with Gasteiger partial charge in [-0.1, -0.05) is 109 Å². The third-order valence-corrected chi connectivity index (χ3v) is 10.8. The van der Waals surface area contributed by atoms with Crippen LogP contribution in [0.2, 0.25) is 0 Å². The smallest absolute Gasteiger partial charge is 0.213 e. The Hall–Kier alpha value is -7.84. The van der Waals surface area contributed by atoms with Crippen LogP contribution in [0.4, 0.5) is 0 Å². The van der Waals surface area contributed by atoms with Crippen LogP contribution < -0.4 is 0 Å². The number of aromatic nitrogens is 6. The summed E-state index contributed by atoms with van der Waals surface area (Å²) < 4.78 is 17.4. The molecule has 12 aromatic rings. The highest BCUT2D eigenvalue weighted by molar-refractivity contribution is 6.22. The maximum Gasteiger partial charge on any atom is 0.213 e. The first-order valence-electron chi connectivity index (χ1n) is 18.4. The fourth-order valence-electron chi connectivity index (χ4n) is 8.20. The number of nitrogens with zero attached hydrogens (tertiary/aromatic N) is 6. The van der Waals surface area contributed by atoms with Crippen molar-refractivity contribution in [3.05, 3.63) is 170 Å². The molecule has 0 radical (unpaired) electrons. The van der Waals surface area contributed by atoms with Crippen LogP contribution >= 0.6 is 0 Å². The first-order valence-corrected chi connectivity index (χ1v) is 18.4. The molecule has 262 valence electrons. The maximum atomic E-state index is 6.58. The Balaban J connectivity index is 1.04. The molecule has 0 fully saturated rings. The van der Waals surface area contributed by atoms with Gasteiger partial charge in [0.2, 0.25) is 11.4 Å². The van der Waals surface area contributed by atoms with Crippen LogP contribution in [0.3, 0.4) is 0 Å². The number of benzene rings is 6. The van der Waals surface area contributed by atoms with Gasteiger partial charge in [0.1, 0.15) is 11.2 Å². The molecule has 6 aromatic carbocycles. The van der Waals surface area contributed by atoms with E-state index in [4.69, 9.17) is 28.8 Å². The SMILES string of the molecule is c1ccc(-c2ncc(-n3c4ccc(-c5ccc6c(c5)c5c7ccccc7oc5n6-c5cnc(-c6ccccc6)nc5)cc4c4c5ccccc5oc43)cn2)cc1. The molecular weight excluding hydrogens is 693 g/mol. The molecule has 8 heteroatoms. The summed E-state index contributed by atoms with van der Waals surface area (Å²) in [6.07, 6.45) is 7.48. The van der Waals surface area contributed by atoms with Gasteiger partial charge in [-0.05, 0) is 47.5 Å². The second-order valence-corrected chi connectivity index (χ2v) is 14.0. The highest BCUT2D eigenvalue weighted by Crippen LogP contribution is 2.43. The Labute approximate surface area is 318 Å². The lowest BCUT2D eigenvalue weighted by Crippen LogP contribution is -1.97. The molecule has 6 heterocycles. The molecule has 0 aliphatic carbocycles. The Bertz CT molecular complexity index is 3220. The highest BCUT2D eigenvalue weighted by atomic mass is 16.3. The van der Waals surface area contributed by atoms with E-state index in [1.807, 2.05) is 110 Å². The van der Waals surface area contributed by atoms with E-state index in [9.17, 15) is 0 Å². The van der Waals surface area contributed by atoms with Crippen molar-refractivity contribution in [2.24, 2.45) is 0 Å². The van der Waals surface area contributed by atoms with E-state index in [0.29, 0.717) is 11.6 Å². The van der Waals surface area contributed by atoms with Gasteiger partial charge in [-0.15, -0.1) is 0 Å². The number of fused-ring (bicyclic) bond motifs is 10. The molecule has 0 spiro atoms. The van der Waals surface area contributed by atoms with E-state index in [0.717, 1.165) is 99.6 Å². The van der Waals surface area contributed by atoms with Crippen LogP contribution in [0.25, 0.3) is 111 Å². The van der Waals surface area contributed by atoms with Crippen molar-refractivity contribution in [2.45, 2.75) is 0 Å². The summed E-state index contributed by atoms with van der Waals surface area (Å²) in [4.78, 5) is 19.0. The van der Waals surface area contributed by atoms with Crippen molar-refractivity contribution in [3.63, 3.8) is 0 Å². The summed E-state index contributed by atoms with van der Waals surface area (Å²) in [6.45, 7) is 0. The third kappa shape index (κ3) is 4.53. The largest absolute Gasteiger partial charge is 0.439 e. The Morgan fingerprint density at radius 3 is 1.18 bits per heavy atom. The number of hydrogen-bond acceptors (Lipinski definition) is 6. The molecule has 0 N–H and O–H groups in total. The minimum Gasteiger partial charge on any atom is -0.439 e. The zero-order valence-corrected chi connectivity index (χ0v) is 29.7. The van der Waals surface area contributed by atoms with E-state index in [1.54, 1.807) is 0 Å². The lowest BCUT2D eigenvalue weighted by Gasteiger charge is -2.09. The van der Waals surface area contributed by atoms with E-state index in [-0.39, 0.29) is 0 Å². The van der Waals surface area contributed by atoms with Crippen LogP contribution in [-0.4, -0.2) is 29.1 Å². The fraction of sp³-hybridized carbons (Fsp3) is 0. The molecule has 12 rings (SSSR count). The summed E-state index contributed by atoms with van der Waals surface area (Å²) >= 11 is 0. The minimum absolute atomic E-state index is 0.675. The van der Waals surface area contributed by atoms with Crippen molar-refractivity contribution >= 4 is 65.9 Å². The maximum absolute atomic E-state index is 6.58. The summed E-state index contributed by atoms with van der Waals surface area (Å²) in [5.41, 5.74) is 11.0. The lowest BCUT2D eigenvalue weighted by molar-refractivity contribution is 0.644. The third-order valence-electron chi connectivity index (χ3n) is 10.8. The summed E-state index contributed by atoms with van der Waals surface area (Å²) in [6, 6.07) is 49.7. The Morgan fingerprint density at radius 1 is 0.357 bits per heavy atom. The van der Waals surface area contributed by atoms with Gasteiger partial charge in [0.15, 0.2) is 11.6 Å². The molecule has 0 bridgehead atoms. The molecule has 0 atom stereocenters. The van der Waals surface area contributed by atoms with E-state index < -0.39 is 0 Å². The molecule has 0 amide bonds. The highest BCUT2D eigenvalue weighted by Gasteiger charge is 2.23. The van der Waals surface area contributed by atoms with Crippen molar-refractivity contribution in [1.82, 2.24) is 29.1 Å². The van der Waals surface area contributed by atoms with Crippen molar-refractivity contribution in [1.29, 1.82) is 0 Å². The molecular formula is C48H28N6O2.